The molecule has 2 rings (SSSR count). The molecule has 0 unspecified atom stereocenters. The maximum absolute atomic E-state index is 13.0. The van der Waals surface area contributed by atoms with E-state index in [0.717, 1.165) is 12.0 Å². The van der Waals surface area contributed by atoms with Crippen molar-refractivity contribution in [2.24, 2.45) is 11.0 Å². The highest BCUT2D eigenvalue weighted by Gasteiger charge is 2.63. The van der Waals surface area contributed by atoms with Gasteiger partial charge in [-0.15, -0.1) is 0 Å². The summed E-state index contributed by atoms with van der Waals surface area (Å²) in [6, 6.07) is 9.71. The minimum Gasteiger partial charge on any atom is -0.342 e. The van der Waals surface area contributed by atoms with Gasteiger partial charge >= 0.3 is 0 Å². The summed E-state index contributed by atoms with van der Waals surface area (Å²) in [5, 5.41) is 3.81. The third-order valence-electron chi connectivity index (χ3n) is 4.55. The van der Waals surface area contributed by atoms with Crippen LogP contribution in [0.1, 0.15) is 32.8 Å². The minimum atomic E-state index is -0.513. The average molecular weight is 286 g/mol. The summed E-state index contributed by atoms with van der Waals surface area (Å²) in [7, 11) is 0. The van der Waals surface area contributed by atoms with E-state index in [1.807, 2.05) is 56.0 Å². The van der Waals surface area contributed by atoms with E-state index in [1.54, 1.807) is 0 Å². The summed E-state index contributed by atoms with van der Waals surface area (Å²) in [5.41, 5.74) is 9.18. The first-order valence-electron chi connectivity index (χ1n) is 7.50. The molecule has 5 heteroatoms. The molecule has 5 nitrogen and oxygen atoms in total. The van der Waals surface area contributed by atoms with Gasteiger partial charge in [0, 0.05) is 24.0 Å². The predicted octanol–water partition coefficient (Wildman–Crippen LogP) is 3.51. The lowest BCUT2D eigenvalue weighted by Crippen LogP contribution is -2.41. The van der Waals surface area contributed by atoms with E-state index in [-0.39, 0.29) is 17.9 Å². The second-order valence-corrected chi connectivity index (χ2v) is 5.57. The first-order valence-corrected chi connectivity index (χ1v) is 7.50. The Morgan fingerprint density at radius 1 is 1.43 bits per heavy atom. The Morgan fingerprint density at radius 2 is 2.05 bits per heavy atom. The molecule has 1 aliphatic rings. The van der Waals surface area contributed by atoms with Crippen molar-refractivity contribution in [3.05, 3.63) is 46.3 Å². The zero-order chi connectivity index (χ0) is 15.5. The summed E-state index contributed by atoms with van der Waals surface area (Å²) in [5.74, 6) is 0.243. The molecule has 0 saturated heterocycles. The van der Waals surface area contributed by atoms with E-state index in [1.165, 1.54) is 0 Å². The third-order valence-corrected chi connectivity index (χ3v) is 4.55. The fourth-order valence-corrected chi connectivity index (χ4v) is 3.26. The lowest BCUT2D eigenvalue weighted by molar-refractivity contribution is -0.134. The smallest absolute Gasteiger partial charge is 0.233 e. The van der Waals surface area contributed by atoms with Crippen molar-refractivity contribution in [2.45, 2.75) is 38.6 Å². The number of benzene rings is 1. The molecule has 112 valence electrons. The van der Waals surface area contributed by atoms with Crippen LogP contribution in [0.15, 0.2) is 35.4 Å². The SMILES string of the molecule is CCN(CC)C(=O)[C@@]1(c2ccccc2)C[C@H]1[C@@H](C)N=[N+]=[N-]. The molecule has 0 radical (unpaired) electrons. The molecule has 0 aromatic heterocycles. The van der Waals surface area contributed by atoms with Crippen LogP contribution >= 0.6 is 0 Å². The molecule has 3 atom stereocenters. The second-order valence-electron chi connectivity index (χ2n) is 5.57. The van der Waals surface area contributed by atoms with Gasteiger partial charge in [0.2, 0.25) is 5.91 Å². The number of likely N-dealkylation sites (N-methyl/N-ethyl adjacent to an activating group) is 1. The lowest BCUT2D eigenvalue weighted by Gasteiger charge is -2.27. The molecule has 1 aromatic carbocycles. The molecule has 1 aromatic rings. The summed E-state index contributed by atoms with van der Waals surface area (Å²) in [6.07, 6.45) is 0.756. The highest BCUT2D eigenvalue weighted by atomic mass is 16.2. The number of amides is 1. The van der Waals surface area contributed by atoms with Crippen LogP contribution in [0, 0.1) is 5.92 Å². The van der Waals surface area contributed by atoms with E-state index in [0.29, 0.717) is 13.1 Å². The van der Waals surface area contributed by atoms with Crippen molar-refractivity contribution >= 4 is 5.91 Å². The Labute approximate surface area is 125 Å². The highest BCUT2D eigenvalue weighted by molar-refractivity contribution is 5.92. The van der Waals surface area contributed by atoms with Crippen LogP contribution in [-0.2, 0) is 10.2 Å². The fraction of sp³-hybridized carbons (Fsp3) is 0.562. The minimum absolute atomic E-state index is 0.0869. The quantitative estimate of drug-likeness (QED) is 0.448. The predicted molar refractivity (Wildman–Crippen MR) is 82.8 cm³/mol. The Balaban J connectivity index is 2.39. The molecule has 0 N–H and O–H groups in total. The normalized spacial score (nSPS) is 24.8. The summed E-state index contributed by atoms with van der Waals surface area (Å²) < 4.78 is 0. The van der Waals surface area contributed by atoms with Crippen molar-refractivity contribution in [1.82, 2.24) is 4.90 Å². The van der Waals surface area contributed by atoms with Gasteiger partial charge < -0.3 is 4.90 Å². The number of rotatable bonds is 6. The molecule has 0 heterocycles. The first kappa shape index (κ1) is 15.4. The standard InChI is InChI=1S/C16H22N4O/c1-4-20(5-2)15(21)16(13-9-7-6-8-10-13)11-14(16)12(3)18-19-17/h6-10,12,14H,4-5,11H2,1-3H3/t12-,14+,16-/m1/s1. The zero-order valence-electron chi connectivity index (χ0n) is 12.9. The number of nitrogens with zero attached hydrogens (tertiary/aromatic N) is 4. The van der Waals surface area contributed by atoms with Crippen LogP contribution in [0.4, 0.5) is 0 Å². The van der Waals surface area contributed by atoms with Gasteiger partial charge in [0.25, 0.3) is 0 Å². The van der Waals surface area contributed by atoms with Gasteiger partial charge in [-0.05, 0) is 37.3 Å². The first-order chi connectivity index (χ1) is 10.1. The van der Waals surface area contributed by atoms with Crippen molar-refractivity contribution in [3.63, 3.8) is 0 Å². The Kier molecular flexibility index (Phi) is 4.53. The van der Waals surface area contributed by atoms with Crippen LogP contribution < -0.4 is 0 Å². The molecule has 0 bridgehead atoms. The number of hydrogen-bond donors (Lipinski definition) is 0. The van der Waals surface area contributed by atoms with Crippen LogP contribution in [0.2, 0.25) is 0 Å². The summed E-state index contributed by atoms with van der Waals surface area (Å²) >= 11 is 0. The largest absolute Gasteiger partial charge is 0.342 e. The van der Waals surface area contributed by atoms with Crippen molar-refractivity contribution in [1.29, 1.82) is 0 Å². The van der Waals surface area contributed by atoms with Crippen LogP contribution in [0.25, 0.3) is 10.4 Å². The Morgan fingerprint density at radius 3 is 2.57 bits per heavy atom. The van der Waals surface area contributed by atoms with E-state index in [2.05, 4.69) is 10.0 Å². The van der Waals surface area contributed by atoms with Crippen molar-refractivity contribution < 1.29 is 4.79 Å². The fourth-order valence-electron chi connectivity index (χ4n) is 3.26. The van der Waals surface area contributed by atoms with Crippen molar-refractivity contribution in [2.75, 3.05) is 13.1 Å². The molecule has 0 aliphatic heterocycles. The van der Waals surface area contributed by atoms with Gasteiger partial charge in [0.15, 0.2) is 0 Å². The zero-order valence-corrected chi connectivity index (χ0v) is 12.9. The third kappa shape index (κ3) is 2.61. The molecular formula is C16H22N4O. The lowest BCUT2D eigenvalue weighted by atomic mass is 9.89. The maximum atomic E-state index is 13.0. The number of carbonyl (C=O) groups is 1. The van der Waals surface area contributed by atoms with Gasteiger partial charge in [0.1, 0.15) is 0 Å². The monoisotopic (exact) mass is 286 g/mol. The molecule has 21 heavy (non-hydrogen) atoms. The van der Waals surface area contributed by atoms with Gasteiger partial charge in [-0.25, -0.2) is 0 Å². The molecule has 0 spiro atoms. The van der Waals surface area contributed by atoms with E-state index < -0.39 is 5.41 Å². The van der Waals surface area contributed by atoms with Crippen molar-refractivity contribution in [3.8, 4) is 0 Å². The number of azide groups is 1. The molecule has 1 saturated carbocycles. The van der Waals surface area contributed by atoms with Crippen LogP contribution in [0.3, 0.4) is 0 Å². The van der Waals surface area contributed by atoms with E-state index in [4.69, 9.17) is 5.53 Å². The summed E-state index contributed by atoms with van der Waals surface area (Å²) in [6.45, 7) is 7.28. The average Bonchev–Trinajstić information content (AvgIpc) is 3.26. The van der Waals surface area contributed by atoms with E-state index in [9.17, 15) is 4.79 Å². The van der Waals surface area contributed by atoms with Gasteiger partial charge in [-0.1, -0.05) is 42.4 Å². The van der Waals surface area contributed by atoms with Crippen LogP contribution in [-0.4, -0.2) is 29.9 Å². The Bertz CT molecular complexity index is 549. The molecule has 1 fully saturated rings. The maximum Gasteiger partial charge on any atom is 0.233 e. The molecule has 1 amide bonds. The van der Waals surface area contributed by atoms with E-state index >= 15 is 0 Å². The number of carbonyl (C=O) groups excluding carboxylic acids is 1. The van der Waals surface area contributed by atoms with Gasteiger partial charge in [-0.2, -0.15) is 0 Å². The highest BCUT2D eigenvalue weighted by Crippen LogP contribution is 2.57. The molecular weight excluding hydrogens is 264 g/mol. The Hall–Kier alpha value is -2.00. The van der Waals surface area contributed by atoms with Crippen LogP contribution in [0.5, 0.6) is 0 Å². The topological polar surface area (TPSA) is 69.1 Å². The molecule has 1 aliphatic carbocycles. The van der Waals surface area contributed by atoms with Gasteiger partial charge in [-0.3, -0.25) is 4.79 Å². The number of hydrogen-bond acceptors (Lipinski definition) is 2. The van der Waals surface area contributed by atoms with Gasteiger partial charge in [0.05, 0.1) is 5.41 Å². The summed E-state index contributed by atoms with van der Waals surface area (Å²) in [4.78, 5) is 17.8. The second kappa shape index (κ2) is 6.19.